The van der Waals surface area contributed by atoms with Crippen LogP contribution in [0.1, 0.15) is 309 Å². The van der Waals surface area contributed by atoms with E-state index in [0.29, 0.717) is 25.9 Å². The largest absolute Gasteiger partial charge is 0.466 e. The number of aliphatic hydroxyl groups is 2. The van der Waals surface area contributed by atoms with Gasteiger partial charge in [0.1, 0.15) is 0 Å². The predicted octanol–water partition coefficient (Wildman–Crippen LogP) is 16.9. The highest BCUT2D eigenvalue weighted by Crippen LogP contribution is 2.17. The molecule has 0 aliphatic heterocycles. The van der Waals surface area contributed by atoms with E-state index < -0.39 is 12.1 Å². The van der Waals surface area contributed by atoms with E-state index in [0.717, 1.165) is 77.0 Å². The standard InChI is InChI=1S/C56H109NO5/c1-3-5-7-9-11-13-15-17-19-20-21-23-24-28-32-36-40-44-48-54(59)53(52-58)57-55(60)49-45-41-37-33-29-26-27-31-35-39-43-47-51-62-56(61)50-46-42-38-34-30-25-22-18-16-14-12-10-8-6-4-2/h27,31,53-54,58-59H,3-26,28-30,32-52H2,1-2H3,(H,57,60)/b31-27-. The highest BCUT2D eigenvalue weighted by atomic mass is 16.5. The first-order valence-electron chi connectivity index (χ1n) is 27.9. The quantitative estimate of drug-likeness (QED) is 0.0321. The van der Waals surface area contributed by atoms with E-state index in [2.05, 4.69) is 31.3 Å². The van der Waals surface area contributed by atoms with E-state index in [-0.39, 0.29) is 18.5 Å². The Kier molecular flexibility index (Phi) is 51.0. The molecule has 0 saturated heterocycles. The third kappa shape index (κ3) is 48.1. The van der Waals surface area contributed by atoms with E-state index >= 15 is 0 Å². The molecule has 6 nitrogen and oxygen atoms in total. The molecular weight excluding hydrogens is 767 g/mol. The molecule has 368 valence electrons. The van der Waals surface area contributed by atoms with Gasteiger partial charge in [-0.15, -0.1) is 0 Å². The van der Waals surface area contributed by atoms with Crippen molar-refractivity contribution < 1.29 is 24.5 Å². The van der Waals surface area contributed by atoms with E-state index in [4.69, 9.17) is 4.74 Å². The van der Waals surface area contributed by atoms with Gasteiger partial charge in [-0.2, -0.15) is 0 Å². The number of esters is 1. The summed E-state index contributed by atoms with van der Waals surface area (Å²) in [4.78, 5) is 24.5. The summed E-state index contributed by atoms with van der Waals surface area (Å²) >= 11 is 0. The van der Waals surface area contributed by atoms with Crippen LogP contribution in [0.15, 0.2) is 12.2 Å². The molecule has 6 heteroatoms. The van der Waals surface area contributed by atoms with E-state index in [1.165, 1.54) is 199 Å². The van der Waals surface area contributed by atoms with Crippen LogP contribution in [0, 0.1) is 0 Å². The Balaban J connectivity index is 3.48. The lowest BCUT2D eigenvalue weighted by Crippen LogP contribution is -2.45. The van der Waals surface area contributed by atoms with E-state index in [9.17, 15) is 19.8 Å². The van der Waals surface area contributed by atoms with Crippen molar-refractivity contribution in [1.29, 1.82) is 0 Å². The Hall–Kier alpha value is -1.40. The van der Waals surface area contributed by atoms with Crippen molar-refractivity contribution in [3.05, 3.63) is 12.2 Å². The SMILES string of the molecule is CCCCCCCCCCCCCCCCCCCCC(O)C(CO)NC(=O)CCCCCCC/C=C\CCCCCOC(=O)CCCCCCCCCCCCCCCCC. The summed E-state index contributed by atoms with van der Waals surface area (Å²) in [6.45, 7) is 4.92. The molecule has 0 fully saturated rings. The first-order valence-corrected chi connectivity index (χ1v) is 27.9. The third-order valence-electron chi connectivity index (χ3n) is 13.1. The summed E-state index contributed by atoms with van der Waals surface area (Å²) in [5, 5.41) is 23.3. The molecule has 0 aliphatic rings. The lowest BCUT2D eigenvalue weighted by atomic mass is 10.0. The fourth-order valence-corrected chi connectivity index (χ4v) is 8.75. The van der Waals surface area contributed by atoms with Gasteiger partial charge in [-0.1, -0.05) is 251 Å². The second-order valence-corrected chi connectivity index (χ2v) is 19.3. The van der Waals surface area contributed by atoms with Gasteiger partial charge in [-0.25, -0.2) is 0 Å². The first-order chi connectivity index (χ1) is 30.5. The average Bonchev–Trinajstić information content (AvgIpc) is 3.27. The zero-order valence-electron chi connectivity index (χ0n) is 41.9. The molecule has 0 heterocycles. The highest BCUT2D eigenvalue weighted by molar-refractivity contribution is 5.76. The zero-order valence-corrected chi connectivity index (χ0v) is 41.9. The smallest absolute Gasteiger partial charge is 0.305 e. The van der Waals surface area contributed by atoms with Gasteiger partial charge in [-0.05, 0) is 57.8 Å². The fourth-order valence-electron chi connectivity index (χ4n) is 8.75. The zero-order chi connectivity index (χ0) is 45.1. The Morgan fingerprint density at radius 3 is 1.15 bits per heavy atom. The van der Waals surface area contributed by atoms with Gasteiger partial charge in [0.15, 0.2) is 0 Å². The minimum atomic E-state index is -0.680. The number of allylic oxidation sites excluding steroid dienone is 2. The molecule has 0 bridgehead atoms. The van der Waals surface area contributed by atoms with Crippen LogP contribution in [-0.4, -0.2) is 47.4 Å². The summed E-state index contributed by atoms with van der Waals surface area (Å²) in [5.41, 5.74) is 0. The monoisotopic (exact) mass is 876 g/mol. The van der Waals surface area contributed by atoms with Crippen LogP contribution in [0.25, 0.3) is 0 Å². The number of carbonyl (C=O) groups excluding carboxylic acids is 2. The summed E-state index contributed by atoms with van der Waals surface area (Å²) in [6.07, 6.45) is 60.5. The second-order valence-electron chi connectivity index (χ2n) is 19.3. The number of amides is 1. The number of nitrogens with one attached hydrogen (secondary N) is 1. The van der Waals surface area contributed by atoms with Crippen LogP contribution < -0.4 is 5.32 Å². The summed E-state index contributed by atoms with van der Waals surface area (Å²) in [5.74, 6) is -0.0771. The van der Waals surface area contributed by atoms with Crippen LogP contribution in [0.4, 0.5) is 0 Å². The molecular formula is C56H109NO5. The number of unbranched alkanes of at least 4 members (excludes halogenated alkanes) is 39. The molecule has 2 unspecified atom stereocenters. The number of aliphatic hydroxyl groups excluding tert-OH is 2. The minimum Gasteiger partial charge on any atom is -0.466 e. The van der Waals surface area contributed by atoms with Gasteiger partial charge in [0.2, 0.25) is 5.91 Å². The molecule has 0 spiro atoms. The fraction of sp³-hybridized carbons (Fsp3) is 0.929. The van der Waals surface area contributed by atoms with Crippen molar-refractivity contribution >= 4 is 11.9 Å². The third-order valence-corrected chi connectivity index (χ3v) is 13.1. The minimum absolute atomic E-state index is 0.0191. The van der Waals surface area contributed by atoms with Gasteiger partial charge in [0.05, 0.1) is 25.4 Å². The van der Waals surface area contributed by atoms with Gasteiger partial charge in [0, 0.05) is 12.8 Å². The predicted molar refractivity (Wildman–Crippen MR) is 269 cm³/mol. The average molecular weight is 876 g/mol. The Morgan fingerprint density at radius 2 is 0.758 bits per heavy atom. The molecule has 0 aromatic carbocycles. The van der Waals surface area contributed by atoms with Gasteiger partial charge in [0.25, 0.3) is 0 Å². The maximum Gasteiger partial charge on any atom is 0.305 e. The molecule has 62 heavy (non-hydrogen) atoms. The number of hydrogen-bond acceptors (Lipinski definition) is 5. The second kappa shape index (κ2) is 52.2. The number of ether oxygens (including phenoxy) is 1. The summed E-state index contributed by atoms with van der Waals surface area (Å²) in [7, 11) is 0. The molecule has 3 N–H and O–H groups in total. The number of carbonyl (C=O) groups is 2. The normalized spacial score (nSPS) is 12.6. The van der Waals surface area contributed by atoms with Gasteiger partial charge < -0.3 is 20.3 Å². The lowest BCUT2D eigenvalue weighted by molar-refractivity contribution is -0.143. The topological polar surface area (TPSA) is 95.9 Å². The summed E-state index contributed by atoms with van der Waals surface area (Å²) in [6, 6.07) is -0.559. The van der Waals surface area contributed by atoms with Crippen molar-refractivity contribution in [2.45, 2.75) is 321 Å². The molecule has 0 rings (SSSR count). The van der Waals surface area contributed by atoms with Crippen LogP contribution in [-0.2, 0) is 14.3 Å². The van der Waals surface area contributed by atoms with Crippen LogP contribution in [0.3, 0.4) is 0 Å². The molecule has 0 aliphatic carbocycles. The molecule has 0 saturated carbocycles. The van der Waals surface area contributed by atoms with Crippen molar-refractivity contribution in [2.24, 2.45) is 0 Å². The Bertz CT molecular complexity index is 924. The van der Waals surface area contributed by atoms with E-state index in [1.54, 1.807) is 0 Å². The number of rotatable bonds is 52. The van der Waals surface area contributed by atoms with Crippen molar-refractivity contribution in [3.63, 3.8) is 0 Å². The maximum absolute atomic E-state index is 12.5. The molecule has 0 aromatic heterocycles. The summed E-state index contributed by atoms with van der Waals surface area (Å²) < 4.78 is 5.45. The first kappa shape index (κ1) is 60.6. The molecule has 0 radical (unpaired) electrons. The van der Waals surface area contributed by atoms with Crippen LogP contribution in [0.5, 0.6) is 0 Å². The van der Waals surface area contributed by atoms with E-state index in [1.807, 2.05) is 0 Å². The van der Waals surface area contributed by atoms with Crippen LogP contribution >= 0.6 is 0 Å². The Morgan fingerprint density at radius 1 is 0.435 bits per heavy atom. The molecule has 1 amide bonds. The highest BCUT2D eigenvalue weighted by Gasteiger charge is 2.20. The van der Waals surface area contributed by atoms with Crippen molar-refractivity contribution in [1.82, 2.24) is 5.32 Å². The lowest BCUT2D eigenvalue weighted by Gasteiger charge is -2.22. The van der Waals surface area contributed by atoms with Crippen molar-refractivity contribution in [2.75, 3.05) is 13.2 Å². The van der Waals surface area contributed by atoms with Gasteiger partial charge >= 0.3 is 5.97 Å². The number of hydrogen-bond donors (Lipinski definition) is 3. The molecule has 0 aromatic rings. The van der Waals surface area contributed by atoms with Crippen molar-refractivity contribution in [3.8, 4) is 0 Å². The Labute approximate surface area is 387 Å². The van der Waals surface area contributed by atoms with Gasteiger partial charge in [-0.3, -0.25) is 9.59 Å². The van der Waals surface area contributed by atoms with Crippen LogP contribution in [0.2, 0.25) is 0 Å². The maximum atomic E-state index is 12.5. The molecule has 2 atom stereocenters.